The molecule has 1 saturated heterocycles. The number of para-hydroxylation sites is 1. The van der Waals surface area contributed by atoms with E-state index in [-0.39, 0.29) is 11.9 Å². The van der Waals surface area contributed by atoms with Gasteiger partial charge >= 0.3 is 0 Å². The second-order valence-corrected chi connectivity index (χ2v) is 5.93. The highest BCUT2D eigenvalue weighted by molar-refractivity contribution is 5.81. The topological polar surface area (TPSA) is 79.4 Å². The Hall–Kier alpha value is -2.81. The summed E-state index contributed by atoms with van der Waals surface area (Å²) in [7, 11) is 0. The molecule has 1 aromatic heterocycles. The van der Waals surface area contributed by atoms with Crippen molar-refractivity contribution < 1.29 is 14.1 Å². The van der Waals surface area contributed by atoms with Crippen molar-refractivity contribution in [2.75, 3.05) is 6.54 Å². The second-order valence-electron chi connectivity index (χ2n) is 5.93. The minimum absolute atomic E-state index is 0.101. The number of carbonyl (C=O) groups excluding carboxylic acids is 1. The fourth-order valence-corrected chi connectivity index (χ4v) is 3.00. The Morgan fingerprint density at radius 3 is 3.00 bits per heavy atom. The van der Waals surface area contributed by atoms with Crippen molar-refractivity contribution in [3.8, 4) is 11.8 Å². The van der Waals surface area contributed by atoms with Gasteiger partial charge in [-0.1, -0.05) is 17.3 Å². The van der Waals surface area contributed by atoms with Crippen molar-refractivity contribution in [1.29, 1.82) is 5.26 Å². The first-order chi connectivity index (χ1) is 11.6. The van der Waals surface area contributed by atoms with Crippen molar-refractivity contribution in [3.63, 3.8) is 0 Å². The van der Waals surface area contributed by atoms with Gasteiger partial charge in [0, 0.05) is 12.6 Å². The minimum Gasteiger partial charge on any atom is -0.480 e. The molecule has 0 aliphatic carbocycles. The average molecular weight is 325 g/mol. The molecule has 0 saturated carbocycles. The van der Waals surface area contributed by atoms with Crippen LogP contribution in [0.2, 0.25) is 0 Å². The van der Waals surface area contributed by atoms with Crippen LogP contribution in [0.4, 0.5) is 0 Å². The van der Waals surface area contributed by atoms with Crippen molar-refractivity contribution in [3.05, 3.63) is 47.3 Å². The van der Waals surface area contributed by atoms with E-state index in [0.717, 1.165) is 18.5 Å². The molecule has 0 bridgehead atoms. The first kappa shape index (κ1) is 16.1. The Bertz CT molecular complexity index is 778. The standard InChI is InChI=1S/C18H19N3O3/c1-12-10-17(24-20-12)15-7-5-9-21(15)18(22)13(2)23-16-8-4-3-6-14(16)11-19/h3-4,6,8,10,13,15H,5,7,9H2,1-2H3/t13-,15+/m0/s1. The molecule has 0 spiro atoms. The number of likely N-dealkylation sites (tertiary alicyclic amines) is 1. The summed E-state index contributed by atoms with van der Waals surface area (Å²) >= 11 is 0. The van der Waals surface area contributed by atoms with Crippen molar-refractivity contribution in [2.45, 2.75) is 38.8 Å². The third-order valence-corrected chi connectivity index (χ3v) is 4.17. The molecule has 0 N–H and O–H groups in total. The summed E-state index contributed by atoms with van der Waals surface area (Å²) < 4.78 is 11.1. The van der Waals surface area contributed by atoms with E-state index in [1.807, 2.05) is 13.0 Å². The highest BCUT2D eigenvalue weighted by Crippen LogP contribution is 2.33. The van der Waals surface area contributed by atoms with Gasteiger partial charge in [-0.3, -0.25) is 4.79 Å². The van der Waals surface area contributed by atoms with Crippen LogP contribution in [0.15, 0.2) is 34.9 Å². The minimum atomic E-state index is -0.677. The van der Waals surface area contributed by atoms with Gasteiger partial charge in [0.25, 0.3) is 5.91 Å². The van der Waals surface area contributed by atoms with Gasteiger partial charge in [0.1, 0.15) is 11.8 Å². The van der Waals surface area contributed by atoms with Crippen LogP contribution in [0, 0.1) is 18.3 Å². The molecule has 6 heteroatoms. The van der Waals surface area contributed by atoms with Gasteiger partial charge in [0.2, 0.25) is 0 Å². The number of ether oxygens (including phenoxy) is 1. The Morgan fingerprint density at radius 2 is 2.29 bits per heavy atom. The number of nitriles is 1. The van der Waals surface area contributed by atoms with Crippen LogP contribution in [0.25, 0.3) is 0 Å². The SMILES string of the molecule is Cc1cc([C@H]2CCCN2C(=O)[C@H](C)Oc2ccccc2C#N)on1. The number of carbonyl (C=O) groups is 1. The molecule has 24 heavy (non-hydrogen) atoms. The van der Waals surface area contributed by atoms with Gasteiger partial charge in [-0.05, 0) is 38.8 Å². The molecule has 2 heterocycles. The summed E-state index contributed by atoms with van der Waals surface area (Å²) in [5.74, 6) is 1.02. The lowest BCUT2D eigenvalue weighted by Gasteiger charge is -2.26. The lowest BCUT2D eigenvalue weighted by molar-refractivity contribution is -0.139. The lowest BCUT2D eigenvalue weighted by atomic mass is 10.1. The van der Waals surface area contributed by atoms with E-state index in [9.17, 15) is 4.79 Å². The van der Waals surface area contributed by atoms with E-state index >= 15 is 0 Å². The van der Waals surface area contributed by atoms with Crippen LogP contribution in [0.3, 0.4) is 0 Å². The van der Waals surface area contributed by atoms with Crippen LogP contribution in [0.5, 0.6) is 5.75 Å². The highest BCUT2D eigenvalue weighted by atomic mass is 16.5. The molecule has 3 rings (SSSR count). The molecule has 1 amide bonds. The van der Waals surface area contributed by atoms with Gasteiger partial charge in [0.15, 0.2) is 11.9 Å². The molecular formula is C18H19N3O3. The van der Waals surface area contributed by atoms with Crippen LogP contribution >= 0.6 is 0 Å². The monoisotopic (exact) mass is 325 g/mol. The summed E-state index contributed by atoms with van der Waals surface area (Å²) in [4.78, 5) is 14.6. The molecule has 1 aromatic carbocycles. The zero-order valence-corrected chi connectivity index (χ0v) is 13.7. The number of hydrogen-bond donors (Lipinski definition) is 0. The number of amides is 1. The Morgan fingerprint density at radius 1 is 1.50 bits per heavy atom. The number of rotatable bonds is 4. The van der Waals surface area contributed by atoms with Gasteiger partial charge in [-0.2, -0.15) is 5.26 Å². The van der Waals surface area contributed by atoms with Gasteiger partial charge in [0.05, 0.1) is 17.3 Å². The third kappa shape index (κ3) is 3.11. The van der Waals surface area contributed by atoms with Gasteiger partial charge < -0.3 is 14.2 Å². The van der Waals surface area contributed by atoms with E-state index in [0.29, 0.717) is 23.6 Å². The molecule has 2 aromatic rings. The molecule has 1 aliphatic heterocycles. The number of benzene rings is 1. The zero-order chi connectivity index (χ0) is 17.1. The summed E-state index contributed by atoms with van der Waals surface area (Å²) in [5.41, 5.74) is 1.22. The average Bonchev–Trinajstić information content (AvgIpc) is 3.23. The molecular weight excluding hydrogens is 306 g/mol. The zero-order valence-electron chi connectivity index (χ0n) is 13.7. The van der Waals surface area contributed by atoms with Crippen LogP contribution in [0.1, 0.15) is 42.8 Å². The third-order valence-electron chi connectivity index (χ3n) is 4.17. The summed E-state index contributed by atoms with van der Waals surface area (Å²) in [6, 6.07) is 10.8. The normalized spacial score (nSPS) is 18.2. The molecule has 1 aliphatic rings. The van der Waals surface area contributed by atoms with Crippen molar-refractivity contribution in [2.24, 2.45) is 0 Å². The van der Waals surface area contributed by atoms with E-state index in [2.05, 4.69) is 11.2 Å². The first-order valence-electron chi connectivity index (χ1n) is 7.99. The maximum atomic E-state index is 12.8. The molecule has 124 valence electrons. The number of hydrogen-bond acceptors (Lipinski definition) is 5. The molecule has 2 atom stereocenters. The predicted octanol–water partition coefficient (Wildman–Crippen LogP) is 2.99. The fraction of sp³-hybridized carbons (Fsp3) is 0.389. The Balaban J connectivity index is 1.74. The molecule has 0 unspecified atom stereocenters. The van der Waals surface area contributed by atoms with Crippen molar-refractivity contribution >= 4 is 5.91 Å². The summed E-state index contributed by atoms with van der Waals surface area (Å²) in [6.45, 7) is 4.23. The lowest BCUT2D eigenvalue weighted by Crippen LogP contribution is -2.40. The molecule has 1 fully saturated rings. The Kier molecular flexibility index (Phi) is 4.52. The maximum absolute atomic E-state index is 12.8. The van der Waals surface area contributed by atoms with E-state index in [1.54, 1.807) is 36.1 Å². The number of aromatic nitrogens is 1. The second kappa shape index (κ2) is 6.75. The summed E-state index contributed by atoms with van der Waals surface area (Å²) in [6.07, 6.45) is 1.09. The van der Waals surface area contributed by atoms with Crippen LogP contribution < -0.4 is 4.74 Å². The van der Waals surface area contributed by atoms with Crippen molar-refractivity contribution in [1.82, 2.24) is 10.1 Å². The quantitative estimate of drug-likeness (QED) is 0.863. The highest BCUT2D eigenvalue weighted by Gasteiger charge is 2.35. The van der Waals surface area contributed by atoms with Crippen LogP contribution in [-0.2, 0) is 4.79 Å². The first-order valence-corrected chi connectivity index (χ1v) is 7.99. The number of aryl methyl sites for hydroxylation is 1. The fourth-order valence-electron chi connectivity index (χ4n) is 3.00. The predicted molar refractivity (Wildman–Crippen MR) is 86.2 cm³/mol. The summed E-state index contributed by atoms with van der Waals surface area (Å²) in [5, 5.41) is 13.0. The smallest absolute Gasteiger partial charge is 0.263 e. The van der Waals surface area contributed by atoms with Crippen LogP contribution in [-0.4, -0.2) is 28.6 Å². The number of nitrogens with zero attached hydrogens (tertiary/aromatic N) is 3. The Labute approximate surface area is 140 Å². The molecule has 6 nitrogen and oxygen atoms in total. The van der Waals surface area contributed by atoms with E-state index in [4.69, 9.17) is 14.5 Å². The molecule has 0 radical (unpaired) electrons. The van der Waals surface area contributed by atoms with Gasteiger partial charge in [-0.15, -0.1) is 0 Å². The van der Waals surface area contributed by atoms with E-state index in [1.165, 1.54) is 0 Å². The maximum Gasteiger partial charge on any atom is 0.263 e. The van der Waals surface area contributed by atoms with Gasteiger partial charge in [-0.25, -0.2) is 0 Å². The largest absolute Gasteiger partial charge is 0.480 e. The van der Waals surface area contributed by atoms with E-state index < -0.39 is 6.10 Å².